The summed E-state index contributed by atoms with van der Waals surface area (Å²) in [5.41, 5.74) is 6.66. The minimum Gasteiger partial charge on any atom is -0.312 e. The summed E-state index contributed by atoms with van der Waals surface area (Å²) < 4.78 is 0. The van der Waals surface area contributed by atoms with Crippen molar-refractivity contribution in [2.75, 3.05) is 16.8 Å². The van der Waals surface area contributed by atoms with Gasteiger partial charge in [-0.15, -0.1) is 11.3 Å². The molecule has 2 amide bonds. The lowest BCUT2D eigenvalue weighted by Gasteiger charge is -2.26. The lowest BCUT2D eigenvalue weighted by atomic mass is 9.88. The third kappa shape index (κ3) is 4.76. The number of anilines is 2. The van der Waals surface area contributed by atoms with Gasteiger partial charge in [0.15, 0.2) is 5.13 Å². The first-order valence-electron chi connectivity index (χ1n) is 13.5. The van der Waals surface area contributed by atoms with Crippen molar-refractivity contribution in [3.05, 3.63) is 88.8 Å². The highest BCUT2D eigenvalue weighted by atomic mass is 32.1. The minimum atomic E-state index is -0.171. The molecule has 2 heterocycles. The molecule has 1 aromatic heterocycles. The van der Waals surface area contributed by atoms with Crippen LogP contribution in [0, 0.1) is 12.8 Å². The van der Waals surface area contributed by atoms with Crippen LogP contribution in [0.5, 0.6) is 0 Å². The standard InChI is InChI=1S/C32H31N3O2S/c1-21-29(25-16-17-28-24(20-25)18-19-35(28)31(37)23-12-6-3-7-13-23)33-32(38-21)34-30(36)27-15-9-8-14-26(27)22-10-4-2-5-11-22/h2,4-5,8-11,14-17,20,23H,3,6-7,12-13,18-19H2,1H3,(H,33,34,36). The molecule has 0 spiro atoms. The molecule has 6 heteroatoms. The number of benzene rings is 3. The molecule has 192 valence electrons. The smallest absolute Gasteiger partial charge is 0.258 e. The van der Waals surface area contributed by atoms with Crippen LogP contribution in [0.1, 0.15) is 52.9 Å². The van der Waals surface area contributed by atoms with Crippen LogP contribution in [0.25, 0.3) is 22.4 Å². The molecule has 0 atom stereocenters. The quantitative estimate of drug-likeness (QED) is 0.296. The zero-order valence-corrected chi connectivity index (χ0v) is 22.4. The highest BCUT2D eigenvalue weighted by Gasteiger charge is 2.31. The van der Waals surface area contributed by atoms with E-state index in [4.69, 9.17) is 4.98 Å². The summed E-state index contributed by atoms with van der Waals surface area (Å²) in [6.07, 6.45) is 6.48. The Balaban J connectivity index is 1.21. The Kier molecular flexibility index (Phi) is 6.81. The lowest BCUT2D eigenvalue weighted by molar-refractivity contribution is -0.123. The monoisotopic (exact) mass is 521 g/mol. The second kappa shape index (κ2) is 10.5. The van der Waals surface area contributed by atoms with E-state index in [-0.39, 0.29) is 11.8 Å². The van der Waals surface area contributed by atoms with Crippen molar-refractivity contribution in [3.63, 3.8) is 0 Å². The van der Waals surface area contributed by atoms with E-state index >= 15 is 0 Å². The summed E-state index contributed by atoms with van der Waals surface area (Å²) in [6.45, 7) is 2.79. The Morgan fingerprint density at radius 2 is 1.68 bits per heavy atom. The van der Waals surface area contributed by atoms with Gasteiger partial charge in [-0.3, -0.25) is 14.9 Å². The Bertz CT molecular complexity index is 1490. The van der Waals surface area contributed by atoms with Gasteiger partial charge in [-0.05, 0) is 61.1 Å². The molecular weight excluding hydrogens is 490 g/mol. The van der Waals surface area contributed by atoms with Gasteiger partial charge in [0.2, 0.25) is 5.91 Å². The van der Waals surface area contributed by atoms with Gasteiger partial charge in [0.1, 0.15) is 0 Å². The van der Waals surface area contributed by atoms with E-state index in [9.17, 15) is 9.59 Å². The Labute approximate surface area is 227 Å². The van der Waals surface area contributed by atoms with Gasteiger partial charge in [0.25, 0.3) is 5.91 Å². The number of fused-ring (bicyclic) bond motifs is 1. The van der Waals surface area contributed by atoms with Gasteiger partial charge in [0.05, 0.1) is 5.69 Å². The van der Waals surface area contributed by atoms with Crippen LogP contribution in [0.3, 0.4) is 0 Å². The highest BCUT2D eigenvalue weighted by molar-refractivity contribution is 7.16. The van der Waals surface area contributed by atoms with Gasteiger partial charge < -0.3 is 4.90 Å². The van der Waals surface area contributed by atoms with Crippen LogP contribution in [-0.4, -0.2) is 23.3 Å². The van der Waals surface area contributed by atoms with Crippen LogP contribution in [0.15, 0.2) is 72.8 Å². The van der Waals surface area contributed by atoms with Gasteiger partial charge in [-0.2, -0.15) is 0 Å². The first-order valence-corrected chi connectivity index (χ1v) is 14.3. The molecule has 0 unspecified atom stereocenters. The Morgan fingerprint density at radius 1 is 0.921 bits per heavy atom. The summed E-state index contributed by atoms with van der Waals surface area (Å²) in [7, 11) is 0. The minimum absolute atomic E-state index is 0.171. The summed E-state index contributed by atoms with van der Waals surface area (Å²) in [5.74, 6) is 0.297. The van der Waals surface area contributed by atoms with Crippen LogP contribution < -0.4 is 10.2 Å². The molecule has 1 fully saturated rings. The number of amides is 2. The van der Waals surface area contributed by atoms with Gasteiger partial charge >= 0.3 is 0 Å². The predicted molar refractivity (Wildman–Crippen MR) is 155 cm³/mol. The molecule has 5 nitrogen and oxygen atoms in total. The number of hydrogen-bond donors (Lipinski definition) is 1. The van der Waals surface area contributed by atoms with Gasteiger partial charge in [-0.25, -0.2) is 4.98 Å². The van der Waals surface area contributed by atoms with E-state index < -0.39 is 0 Å². The van der Waals surface area contributed by atoms with E-state index in [0.29, 0.717) is 16.6 Å². The molecule has 38 heavy (non-hydrogen) atoms. The van der Waals surface area contributed by atoms with E-state index in [1.54, 1.807) is 0 Å². The number of nitrogens with zero attached hydrogens (tertiary/aromatic N) is 2. The fourth-order valence-electron chi connectivity index (χ4n) is 5.78. The summed E-state index contributed by atoms with van der Waals surface area (Å²) in [5, 5.41) is 3.61. The Hall–Kier alpha value is -3.77. The zero-order chi connectivity index (χ0) is 26.1. The number of carbonyl (C=O) groups excluding carboxylic acids is 2. The maximum Gasteiger partial charge on any atom is 0.258 e. The van der Waals surface area contributed by atoms with Crippen molar-refractivity contribution >= 4 is 34.0 Å². The summed E-state index contributed by atoms with van der Waals surface area (Å²) in [6, 6.07) is 23.9. The molecule has 0 saturated heterocycles. The van der Waals surface area contributed by atoms with E-state index in [1.807, 2.05) is 66.4 Å². The first kappa shape index (κ1) is 24.6. The summed E-state index contributed by atoms with van der Waals surface area (Å²) in [4.78, 5) is 34.3. The van der Waals surface area contributed by atoms with Crippen LogP contribution in [0.2, 0.25) is 0 Å². The van der Waals surface area contributed by atoms with Crippen molar-refractivity contribution < 1.29 is 9.59 Å². The van der Waals surface area contributed by atoms with Crippen molar-refractivity contribution in [2.45, 2.75) is 45.4 Å². The molecule has 1 aliphatic heterocycles. The zero-order valence-electron chi connectivity index (χ0n) is 21.6. The molecule has 2 aliphatic rings. The Morgan fingerprint density at radius 3 is 2.50 bits per heavy atom. The second-order valence-corrected chi connectivity index (χ2v) is 11.4. The van der Waals surface area contributed by atoms with Crippen molar-refractivity contribution in [1.29, 1.82) is 0 Å². The van der Waals surface area contributed by atoms with E-state index in [1.165, 1.54) is 23.3 Å². The van der Waals surface area contributed by atoms with E-state index in [0.717, 1.165) is 71.6 Å². The predicted octanol–water partition coefficient (Wildman–Crippen LogP) is 7.51. The number of aromatic nitrogens is 1. The molecule has 0 radical (unpaired) electrons. The molecule has 1 saturated carbocycles. The topological polar surface area (TPSA) is 62.3 Å². The maximum absolute atomic E-state index is 13.3. The number of thiazole rings is 1. The highest BCUT2D eigenvalue weighted by Crippen LogP contribution is 2.37. The number of carbonyl (C=O) groups is 2. The number of hydrogen-bond acceptors (Lipinski definition) is 4. The first-order chi connectivity index (χ1) is 18.6. The molecule has 1 aliphatic carbocycles. The molecule has 0 bridgehead atoms. The molecule has 3 aromatic carbocycles. The number of nitrogens with one attached hydrogen (secondary N) is 1. The fourth-order valence-corrected chi connectivity index (χ4v) is 6.61. The molecule has 4 aromatic rings. The SMILES string of the molecule is Cc1sc(NC(=O)c2ccccc2-c2ccccc2)nc1-c1ccc2c(c1)CCN2C(=O)C1CCCCC1. The fraction of sp³-hybridized carbons (Fsp3) is 0.281. The summed E-state index contributed by atoms with van der Waals surface area (Å²) >= 11 is 1.48. The van der Waals surface area contributed by atoms with Gasteiger partial charge in [0, 0.05) is 34.2 Å². The second-order valence-electron chi connectivity index (χ2n) is 10.2. The van der Waals surface area contributed by atoms with Crippen LogP contribution >= 0.6 is 11.3 Å². The van der Waals surface area contributed by atoms with E-state index in [2.05, 4.69) is 23.5 Å². The lowest BCUT2D eigenvalue weighted by Crippen LogP contribution is -2.35. The van der Waals surface area contributed by atoms with Gasteiger partial charge in [-0.1, -0.05) is 73.9 Å². The number of aryl methyl sites for hydroxylation is 1. The molecule has 6 rings (SSSR count). The van der Waals surface area contributed by atoms with Crippen molar-refractivity contribution in [3.8, 4) is 22.4 Å². The third-order valence-corrected chi connectivity index (χ3v) is 8.63. The maximum atomic E-state index is 13.3. The third-order valence-electron chi connectivity index (χ3n) is 7.74. The molecule has 1 N–H and O–H groups in total. The van der Waals surface area contributed by atoms with Crippen LogP contribution in [-0.2, 0) is 11.2 Å². The van der Waals surface area contributed by atoms with Crippen molar-refractivity contribution in [1.82, 2.24) is 4.98 Å². The molecular formula is C32H31N3O2S. The average Bonchev–Trinajstić information content (AvgIpc) is 3.56. The van der Waals surface area contributed by atoms with Crippen molar-refractivity contribution in [2.24, 2.45) is 5.92 Å². The normalized spacial score (nSPS) is 15.3. The number of rotatable bonds is 5. The largest absolute Gasteiger partial charge is 0.312 e. The van der Waals surface area contributed by atoms with Crippen LogP contribution in [0.4, 0.5) is 10.8 Å². The average molecular weight is 522 g/mol.